The van der Waals surface area contributed by atoms with Crippen LogP contribution in [0, 0.1) is 0 Å². The molecule has 7 heteroatoms. The Labute approximate surface area is 161 Å². The Hall–Kier alpha value is -2.63. The standard InChI is InChI=1S/C19H16Cl2N4O/c1-2-12-6-8-13(9-7-12)23-19-22-11-10-16(25-19)18(26)24-15-5-3-4-14(20)17(15)21/h3-11H,2H2,1H3,(H,24,26)(H,22,23,25). The molecule has 0 atom stereocenters. The lowest BCUT2D eigenvalue weighted by atomic mass is 10.1. The molecular formula is C19H16Cl2N4O. The highest BCUT2D eigenvalue weighted by molar-refractivity contribution is 6.44. The second kappa shape index (κ2) is 8.17. The number of hydrogen-bond acceptors (Lipinski definition) is 4. The van der Waals surface area contributed by atoms with E-state index in [1.807, 2.05) is 24.3 Å². The highest BCUT2D eigenvalue weighted by Crippen LogP contribution is 2.29. The minimum atomic E-state index is -0.402. The fourth-order valence-corrected chi connectivity index (χ4v) is 2.63. The number of nitrogens with one attached hydrogen (secondary N) is 2. The van der Waals surface area contributed by atoms with Gasteiger partial charge in [0.25, 0.3) is 5.91 Å². The zero-order chi connectivity index (χ0) is 18.5. The Morgan fingerprint density at radius 3 is 2.58 bits per heavy atom. The van der Waals surface area contributed by atoms with Crippen molar-refractivity contribution in [2.24, 2.45) is 0 Å². The van der Waals surface area contributed by atoms with Gasteiger partial charge in [0.15, 0.2) is 0 Å². The average molecular weight is 387 g/mol. The van der Waals surface area contributed by atoms with Crippen LogP contribution in [-0.2, 0) is 6.42 Å². The molecule has 0 saturated carbocycles. The van der Waals surface area contributed by atoms with E-state index in [4.69, 9.17) is 23.2 Å². The molecule has 0 radical (unpaired) electrons. The Morgan fingerprint density at radius 1 is 1.08 bits per heavy atom. The molecule has 5 nitrogen and oxygen atoms in total. The van der Waals surface area contributed by atoms with E-state index in [1.54, 1.807) is 18.2 Å². The molecule has 0 spiro atoms. The first-order valence-corrected chi connectivity index (χ1v) is 8.77. The number of rotatable bonds is 5. The van der Waals surface area contributed by atoms with Gasteiger partial charge in [0.1, 0.15) is 5.69 Å². The fourth-order valence-electron chi connectivity index (χ4n) is 2.28. The second-order valence-corrected chi connectivity index (χ2v) is 6.28. The summed E-state index contributed by atoms with van der Waals surface area (Å²) >= 11 is 12.1. The quantitative estimate of drug-likeness (QED) is 0.620. The SMILES string of the molecule is CCc1ccc(Nc2nccc(C(=O)Nc3cccc(Cl)c3Cl)n2)cc1. The van der Waals surface area contributed by atoms with Crippen molar-refractivity contribution in [3.05, 3.63) is 76.0 Å². The van der Waals surface area contributed by atoms with Crippen LogP contribution in [0.1, 0.15) is 23.0 Å². The lowest BCUT2D eigenvalue weighted by Gasteiger charge is -2.09. The third kappa shape index (κ3) is 4.31. The van der Waals surface area contributed by atoms with Crippen molar-refractivity contribution in [2.45, 2.75) is 13.3 Å². The average Bonchev–Trinajstić information content (AvgIpc) is 2.66. The fraction of sp³-hybridized carbons (Fsp3) is 0.105. The minimum Gasteiger partial charge on any atom is -0.324 e. The van der Waals surface area contributed by atoms with Crippen LogP contribution in [0.15, 0.2) is 54.7 Å². The third-order valence-corrected chi connectivity index (χ3v) is 4.53. The van der Waals surface area contributed by atoms with Gasteiger partial charge in [-0.15, -0.1) is 0 Å². The summed E-state index contributed by atoms with van der Waals surface area (Å²) < 4.78 is 0. The first-order valence-electron chi connectivity index (χ1n) is 8.01. The van der Waals surface area contributed by atoms with Gasteiger partial charge in [-0.3, -0.25) is 4.79 Å². The summed E-state index contributed by atoms with van der Waals surface area (Å²) in [5.74, 6) is -0.0694. The maximum atomic E-state index is 12.4. The molecule has 0 aliphatic rings. The Bertz CT molecular complexity index is 929. The van der Waals surface area contributed by atoms with Crippen LogP contribution in [0.4, 0.5) is 17.3 Å². The normalized spacial score (nSPS) is 10.4. The summed E-state index contributed by atoms with van der Waals surface area (Å²) in [5.41, 5.74) is 2.72. The van der Waals surface area contributed by atoms with Gasteiger partial charge in [-0.1, -0.05) is 48.3 Å². The summed E-state index contributed by atoms with van der Waals surface area (Å²) in [4.78, 5) is 20.8. The molecule has 2 N–H and O–H groups in total. The van der Waals surface area contributed by atoms with Crippen LogP contribution in [0.25, 0.3) is 0 Å². The largest absolute Gasteiger partial charge is 0.324 e. The molecule has 1 heterocycles. The molecule has 3 aromatic rings. The number of benzene rings is 2. The number of amides is 1. The van der Waals surface area contributed by atoms with Crippen molar-refractivity contribution in [3.8, 4) is 0 Å². The minimum absolute atomic E-state index is 0.212. The van der Waals surface area contributed by atoms with Gasteiger partial charge in [0.2, 0.25) is 5.95 Å². The second-order valence-electron chi connectivity index (χ2n) is 5.50. The molecule has 3 rings (SSSR count). The van der Waals surface area contributed by atoms with Crippen LogP contribution >= 0.6 is 23.2 Å². The first kappa shape index (κ1) is 18.2. The van der Waals surface area contributed by atoms with Crippen molar-refractivity contribution in [2.75, 3.05) is 10.6 Å². The van der Waals surface area contributed by atoms with Gasteiger partial charge in [-0.25, -0.2) is 9.97 Å². The molecule has 26 heavy (non-hydrogen) atoms. The maximum absolute atomic E-state index is 12.4. The number of nitrogens with zero attached hydrogens (tertiary/aromatic N) is 2. The van der Waals surface area contributed by atoms with E-state index in [0.717, 1.165) is 12.1 Å². The van der Waals surface area contributed by atoms with Crippen molar-refractivity contribution >= 4 is 46.4 Å². The Morgan fingerprint density at radius 2 is 1.85 bits per heavy atom. The molecule has 0 aliphatic heterocycles. The number of hydrogen-bond donors (Lipinski definition) is 2. The van der Waals surface area contributed by atoms with E-state index < -0.39 is 5.91 Å². The number of carbonyl (C=O) groups excluding carboxylic acids is 1. The zero-order valence-corrected chi connectivity index (χ0v) is 15.5. The maximum Gasteiger partial charge on any atom is 0.274 e. The van der Waals surface area contributed by atoms with E-state index in [2.05, 4.69) is 27.5 Å². The molecule has 0 aliphatic carbocycles. The van der Waals surface area contributed by atoms with Crippen molar-refractivity contribution in [1.29, 1.82) is 0 Å². The molecule has 132 valence electrons. The molecule has 2 aromatic carbocycles. The monoisotopic (exact) mass is 386 g/mol. The molecule has 0 bridgehead atoms. The van der Waals surface area contributed by atoms with Gasteiger partial charge < -0.3 is 10.6 Å². The Kier molecular flexibility index (Phi) is 5.71. The molecule has 0 unspecified atom stereocenters. The highest BCUT2D eigenvalue weighted by Gasteiger charge is 2.12. The topological polar surface area (TPSA) is 66.9 Å². The van der Waals surface area contributed by atoms with Crippen molar-refractivity contribution in [3.63, 3.8) is 0 Å². The number of aryl methyl sites for hydroxylation is 1. The molecule has 0 saturated heterocycles. The van der Waals surface area contributed by atoms with Gasteiger partial charge >= 0.3 is 0 Å². The van der Waals surface area contributed by atoms with Crippen molar-refractivity contribution < 1.29 is 4.79 Å². The molecular weight excluding hydrogens is 371 g/mol. The van der Waals surface area contributed by atoms with Crippen LogP contribution in [0.5, 0.6) is 0 Å². The summed E-state index contributed by atoms with van der Waals surface area (Å²) in [5, 5.41) is 6.43. The first-order chi connectivity index (χ1) is 12.6. The highest BCUT2D eigenvalue weighted by atomic mass is 35.5. The molecule has 1 amide bonds. The van der Waals surface area contributed by atoms with Crippen LogP contribution in [0.2, 0.25) is 10.0 Å². The lowest BCUT2D eigenvalue weighted by molar-refractivity contribution is 0.102. The number of anilines is 3. The molecule has 1 aromatic heterocycles. The van der Waals surface area contributed by atoms with E-state index in [0.29, 0.717) is 16.7 Å². The van der Waals surface area contributed by atoms with Crippen LogP contribution in [-0.4, -0.2) is 15.9 Å². The van der Waals surface area contributed by atoms with Gasteiger partial charge in [0.05, 0.1) is 15.7 Å². The lowest BCUT2D eigenvalue weighted by Crippen LogP contribution is -2.15. The van der Waals surface area contributed by atoms with E-state index in [-0.39, 0.29) is 10.7 Å². The van der Waals surface area contributed by atoms with Gasteiger partial charge in [-0.05, 0) is 42.3 Å². The Balaban J connectivity index is 1.75. The summed E-state index contributed by atoms with van der Waals surface area (Å²) in [7, 11) is 0. The van der Waals surface area contributed by atoms with E-state index in [9.17, 15) is 4.79 Å². The van der Waals surface area contributed by atoms with Gasteiger partial charge in [-0.2, -0.15) is 0 Å². The smallest absolute Gasteiger partial charge is 0.274 e. The van der Waals surface area contributed by atoms with Crippen LogP contribution in [0.3, 0.4) is 0 Å². The predicted molar refractivity (Wildman–Crippen MR) is 106 cm³/mol. The summed E-state index contributed by atoms with van der Waals surface area (Å²) in [6.45, 7) is 2.10. The van der Waals surface area contributed by atoms with E-state index >= 15 is 0 Å². The summed E-state index contributed by atoms with van der Waals surface area (Å²) in [6.07, 6.45) is 2.49. The van der Waals surface area contributed by atoms with Crippen LogP contribution < -0.4 is 10.6 Å². The van der Waals surface area contributed by atoms with Crippen molar-refractivity contribution in [1.82, 2.24) is 9.97 Å². The van der Waals surface area contributed by atoms with E-state index in [1.165, 1.54) is 17.8 Å². The predicted octanol–water partition coefficient (Wildman–Crippen LogP) is 5.34. The number of halogens is 2. The number of carbonyl (C=O) groups is 1. The molecule has 0 fully saturated rings. The third-order valence-electron chi connectivity index (χ3n) is 3.71. The number of aromatic nitrogens is 2. The zero-order valence-electron chi connectivity index (χ0n) is 14.0. The summed E-state index contributed by atoms with van der Waals surface area (Å²) in [6, 6.07) is 14.5. The van der Waals surface area contributed by atoms with Gasteiger partial charge in [0, 0.05) is 11.9 Å².